The van der Waals surface area contributed by atoms with Gasteiger partial charge in [-0.1, -0.05) is 6.07 Å². The average molecular weight is 401 g/mol. The largest absolute Gasteiger partial charge is 0.453 e. The molecule has 1 heterocycles. The van der Waals surface area contributed by atoms with E-state index in [1.807, 2.05) is 0 Å². The summed E-state index contributed by atoms with van der Waals surface area (Å²) in [5, 5.41) is 4.59. The Hall–Kier alpha value is -3.11. The SMILES string of the molecule is CC(OC(=O)CCCN1C(=O)CNC1=O)C(=O)Nc1cccc(C(F)(F)F)c1. The normalized spacial score (nSPS) is 15.2. The van der Waals surface area contributed by atoms with E-state index in [-0.39, 0.29) is 31.6 Å². The second-order valence-corrected chi connectivity index (χ2v) is 6.01. The molecule has 1 unspecified atom stereocenters. The number of alkyl halides is 3. The summed E-state index contributed by atoms with van der Waals surface area (Å²) in [7, 11) is 0. The van der Waals surface area contributed by atoms with Crippen LogP contribution in [0.3, 0.4) is 0 Å². The minimum Gasteiger partial charge on any atom is -0.453 e. The number of nitrogens with zero attached hydrogens (tertiary/aromatic N) is 1. The van der Waals surface area contributed by atoms with Crippen molar-refractivity contribution < 1.29 is 37.1 Å². The summed E-state index contributed by atoms with van der Waals surface area (Å²) >= 11 is 0. The summed E-state index contributed by atoms with van der Waals surface area (Å²) in [6, 6.07) is 3.52. The van der Waals surface area contributed by atoms with E-state index >= 15 is 0 Å². The predicted octanol–water partition coefficient (Wildman–Crippen LogP) is 1.91. The van der Waals surface area contributed by atoms with Gasteiger partial charge in [-0.15, -0.1) is 0 Å². The van der Waals surface area contributed by atoms with Gasteiger partial charge in [0.15, 0.2) is 6.10 Å². The van der Waals surface area contributed by atoms with Gasteiger partial charge in [0.25, 0.3) is 5.91 Å². The predicted molar refractivity (Wildman–Crippen MR) is 90.0 cm³/mol. The highest BCUT2D eigenvalue weighted by molar-refractivity contribution is 6.02. The van der Waals surface area contributed by atoms with Crippen molar-refractivity contribution in [3.63, 3.8) is 0 Å². The first-order valence-corrected chi connectivity index (χ1v) is 8.33. The highest BCUT2D eigenvalue weighted by atomic mass is 19.4. The van der Waals surface area contributed by atoms with E-state index in [4.69, 9.17) is 4.74 Å². The maximum Gasteiger partial charge on any atom is 0.416 e. The van der Waals surface area contributed by atoms with Crippen LogP contribution in [0.1, 0.15) is 25.3 Å². The van der Waals surface area contributed by atoms with Crippen molar-refractivity contribution in [1.29, 1.82) is 0 Å². The quantitative estimate of drug-likeness (QED) is 0.537. The first-order valence-electron chi connectivity index (χ1n) is 8.33. The Morgan fingerprint density at radius 2 is 2.04 bits per heavy atom. The van der Waals surface area contributed by atoms with Crippen molar-refractivity contribution in [2.45, 2.75) is 32.0 Å². The molecule has 2 rings (SSSR count). The number of halogens is 3. The molecule has 1 atom stereocenters. The number of hydrogen-bond donors (Lipinski definition) is 2. The molecule has 0 bridgehead atoms. The number of ether oxygens (including phenoxy) is 1. The Morgan fingerprint density at radius 3 is 2.64 bits per heavy atom. The molecule has 0 aliphatic carbocycles. The molecule has 0 aromatic heterocycles. The number of esters is 1. The minimum absolute atomic E-state index is 0.0323. The molecule has 11 heteroatoms. The van der Waals surface area contributed by atoms with E-state index in [2.05, 4.69) is 10.6 Å². The van der Waals surface area contributed by atoms with Crippen molar-refractivity contribution in [3.8, 4) is 0 Å². The Kier molecular flexibility index (Phi) is 6.60. The zero-order valence-electron chi connectivity index (χ0n) is 14.8. The number of nitrogens with one attached hydrogen (secondary N) is 2. The molecule has 8 nitrogen and oxygen atoms in total. The monoisotopic (exact) mass is 401 g/mol. The fourth-order valence-corrected chi connectivity index (χ4v) is 2.39. The lowest BCUT2D eigenvalue weighted by Crippen LogP contribution is -2.33. The second kappa shape index (κ2) is 8.72. The Bertz CT molecular complexity index is 766. The van der Waals surface area contributed by atoms with E-state index in [0.29, 0.717) is 0 Å². The number of carbonyl (C=O) groups is 4. The molecule has 0 radical (unpaired) electrons. The standard InChI is InChI=1S/C17H18F3N3O5/c1-10(15(26)22-12-5-2-4-11(8-12)17(18,19)20)28-14(25)6-3-7-23-13(24)9-21-16(23)27/h2,4-5,8,10H,3,6-7,9H2,1H3,(H,21,27)(H,22,26). The molecule has 152 valence electrons. The van der Waals surface area contributed by atoms with Crippen molar-refractivity contribution in [1.82, 2.24) is 10.2 Å². The molecule has 1 fully saturated rings. The van der Waals surface area contributed by atoms with Crippen molar-refractivity contribution in [2.75, 3.05) is 18.4 Å². The molecule has 1 saturated heterocycles. The third-order valence-corrected chi connectivity index (χ3v) is 3.83. The molecule has 1 aliphatic heterocycles. The van der Waals surface area contributed by atoms with E-state index in [1.165, 1.54) is 13.0 Å². The van der Waals surface area contributed by atoms with Crippen LogP contribution in [0.2, 0.25) is 0 Å². The maximum absolute atomic E-state index is 12.7. The first kappa shape index (κ1) is 21.2. The molecule has 0 spiro atoms. The van der Waals surface area contributed by atoms with Gasteiger partial charge in [-0.25, -0.2) is 4.79 Å². The van der Waals surface area contributed by atoms with Gasteiger partial charge in [0.2, 0.25) is 5.91 Å². The molecule has 2 N–H and O–H groups in total. The Balaban J connectivity index is 1.79. The van der Waals surface area contributed by atoms with Crippen LogP contribution in [-0.4, -0.2) is 47.9 Å². The molecule has 1 aliphatic rings. The molecular weight excluding hydrogens is 383 g/mol. The smallest absolute Gasteiger partial charge is 0.416 e. The van der Waals surface area contributed by atoms with Gasteiger partial charge < -0.3 is 15.4 Å². The van der Waals surface area contributed by atoms with Gasteiger partial charge in [0.05, 0.1) is 12.1 Å². The van der Waals surface area contributed by atoms with Crippen molar-refractivity contribution in [2.24, 2.45) is 0 Å². The molecule has 1 aromatic carbocycles. The van der Waals surface area contributed by atoms with Crippen LogP contribution < -0.4 is 10.6 Å². The zero-order chi connectivity index (χ0) is 20.9. The van der Waals surface area contributed by atoms with Crippen molar-refractivity contribution >= 4 is 29.5 Å². The molecule has 4 amide bonds. The van der Waals surface area contributed by atoms with Crippen LogP contribution in [-0.2, 0) is 25.3 Å². The van der Waals surface area contributed by atoms with Crippen molar-refractivity contribution in [3.05, 3.63) is 29.8 Å². The highest BCUT2D eigenvalue weighted by Crippen LogP contribution is 2.30. The van der Waals surface area contributed by atoms with Gasteiger partial charge >= 0.3 is 18.2 Å². The lowest BCUT2D eigenvalue weighted by atomic mass is 10.2. The van der Waals surface area contributed by atoms with Crippen LogP contribution in [0, 0.1) is 0 Å². The lowest BCUT2D eigenvalue weighted by Gasteiger charge is -2.15. The minimum atomic E-state index is -4.55. The summed E-state index contributed by atoms with van der Waals surface area (Å²) < 4.78 is 43.0. The van der Waals surface area contributed by atoms with E-state index < -0.39 is 41.7 Å². The number of imide groups is 1. The van der Waals surface area contributed by atoms with E-state index in [1.54, 1.807) is 0 Å². The maximum atomic E-state index is 12.7. The highest BCUT2D eigenvalue weighted by Gasteiger charge is 2.31. The van der Waals surface area contributed by atoms with Crippen LogP contribution in [0.5, 0.6) is 0 Å². The second-order valence-electron chi connectivity index (χ2n) is 6.01. The fourth-order valence-electron chi connectivity index (χ4n) is 2.39. The number of rotatable bonds is 7. The van der Waals surface area contributed by atoms with Crippen LogP contribution in [0.4, 0.5) is 23.7 Å². The number of urea groups is 1. The summed E-state index contributed by atoms with van der Waals surface area (Å²) in [5.74, 6) is -1.92. The van der Waals surface area contributed by atoms with Gasteiger partial charge in [0.1, 0.15) is 0 Å². The third-order valence-electron chi connectivity index (χ3n) is 3.83. The summed E-state index contributed by atoms with van der Waals surface area (Å²) in [6.45, 7) is 1.22. The summed E-state index contributed by atoms with van der Waals surface area (Å²) in [5.41, 5.74) is -1.00. The van der Waals surface area contributed by atoms with Crippen LogP contribution in [0.25, 0.3) is 0 Å². The van der Waals surface area contributed by atoms with Gasteiger partial charge in [-0.3, -0.25) is 19.3 Å². The fraction of sp³-hybridized carbons (Fsp3) is 0.412. The lowest BCUT2D eigenvalue weighted by molar-refractivity contribution is -0.153. The number of amides is 4. The third kappa shape index (κ3) is 5.69. The molecule has 0 saturated carbocycles. The average Bonchev–Trinajstić information content (AvgIpc) is 2.93. The van der Waals surface area contributed by atoms with Gasteiger partial charge in [-0.2, -0.15) is 13.2 Å². The molecule has 1 aromatic rings. The Morgan fingerprint density at radius 1 is 1.32 bits per heavy atom. The summed E-state index contributed by atoms with van der Waals surface area (Å²) in [6.07, 6.45) is -5.77. The van der Waals surface area contributed by atoms with Gasteiger partial charge in [-0.05, 0) is 31.5 Å². The van der Waals surface area contributed by atoms with E-state index in [9.17, 15) is 32.3 Å². The number of hydrogen-bond acceptors (Lipinski definition) is 5. The van der Waals surface area contributed by atoms with E-state index in [0.717, 1.165) is 23.1 Å². The number of benzene rings is 1. The Labute approximate surface area is 158 Å². The number of carbonyl (C=O) groups excluding carboxylic acids is 4. The number of anilines is 1. The molecule has 28 heavy (non-hydrogen) atoms. The first-order chi connectivity index (χ1) is 13.1. The summed E-state index contributed by atoms with van der Waals surface area (Å²) in [4.78, 5) is 47.5. The zero-order valence-corrected chi connectivity index (χ0v) is 14.8. The van der Waals surface area contributed by atoms with Gasteiger partial charge in [0, 0.05) is 18.7 Å². The van der Waals surface area contributed by atoms with Crippen LogP contribution in [0.15, 0.2) is 24.3 Å². The topological polar surface area (TPSA) is 105 Å². The molecular formula is C17H18F3N3O5. The van der Waals surface area contributed by atoms with Crippen LogP contribution >= 0.6 is 0 Å².